The number of aliphatic imine (C=N–C) groups is 1. The SMILES string of the molecule is CCN(CC)CCCCNC(=NC)NCCCC1CCCC1. The van der Waals surface area contributed by atoms with Crippen LogP contribution in [0.2, 0.25) is 0 Å². The second-order valence-electron chi connectivity index (χ2n) is 6.45. The Bertz CT molecular complexity index is 281. The van der Waals surface area contributed by atoms with Gasteiger partial charge >= 0.3 is 0 Å². The van der Waals surface area contributed by atoms with E-state index in [1.807, 2.05) is 7.05 Å². The zero-order valence-corrected chi connectivity index (χ0v) is 15.2. The molecule has 0 unspecified atom stereocenters. The summed E-state index contributed by atoms with van der Waals surface area (Å²) in [7, 11) is 1.86. The monoisotopic (exact) mass is 310 g/mol. The molecule has 130 valence electrons. The standard InChI is InChI=1S/C18H38N4/c1-4-22(5-2)16-9-8-14-20-18(19-3)21-15-10-13-17-11-6-7-12-17/h17H,4-16H2,1-3H3,(H2,19,20,21). The second kappa shape index (κ2) is 12.7. The largest absolute Gasteiger partial charge is 0.356 e. The van der Waals surface area contributed by atoms with Crippen LogP contribution in [0.3, 0.4) is 0 Å². The van der Waals surface area contributed by atoms with Gasteiger partial charge in [-0.25, -0.2) is 0 Å². The van der Waals surface area contributed by atoms with Crippen LogP contribution in [0.1, 0.15) is 65.2 Å². The highest BCUT2D eigenvalue weighted by Gasteiger charge is 2.13. The summed E-state index contributed by atoms with van der Waals surface area (Å²) in [5.74, 6) is 1.96. The summed E-state index contributed by atoms with van der Waals surface area (Å²) in [5.41, 5.74) is 0. The minimum absolute atomic E-state index is 0.967. The number of guanidine groups is 1. The van der Waals surface area contributed by atoms with Crippen LogP contribution in [0, 0.1) is 5.92 Å². The summed E-state index contributed by atoms with van der Waals surface area (Å²) in [6, 6.07) is 0. The summed E-state index contributed by atoms with van der Waals surface area (Å²) >= 11 is 0. The van der Waals surface area contributed by atoms with Crippen molar-refractivity contribution in [2.75, 3.05) is 39.8 Å². The van der Waals surface area contributed by atoms with Gasteiger partial charge in [0.2, 0.25) is 0 Å². The molecule has 0 amide bonds. The van der Waals surface area contributed by atoms with Crippen molar-refractivity contribution in [2.45, 2.75) is 65.2 Å². The van der Waals surface area contributed by atoms with Crippen molar-refractivity contribution in [3.8, 4) is 0 Å². The van der Waals surface area contributed by atoms with E-state index in [0.717, 1.165) is 38.1 Å². The predicted molar refractivity (Wildman–Crippen MR) is 97.6 cm³/mol. The van der Waals surface area contributed by atoms with Gasteiger partial charge in [-0.3, -0.25) is 4.99 Å². The molecule has 0 aliphatic heterocycles. The summed E-state index contributed by atoms with van der Waals surface area (Å²) in [5, 5.41) is 6.87. The predicted octanol–water partition coefficient (Wildman–Crippen LogP) is 3.24. The van der Waals surface area contributed by atoms with Crippen molar-refractivity contribution in [2.24, 2.45) is 10.9 Å². The molecule has 0 aromatic rings. The number of unbranched alkanes of at least 4 members (excludes halogenated alkanes) is 1. The van der Waals surface area contributed by atoms with Crippen LogP contribution in [0.5, 0.6) is 0 Å². The molecule has 0 heterocycles. The van der Waals surface area contributed by atoms with Gasteiger partial charge in [0, 0.05) is 20.1 Å². The first kappa shape index (κ1) is 19.3. The summed E-state index contributed by atoms with van der Waals surface area (Å²) in [6.07, 6.45) is 10.9. The fraction of sp³-hybridized carbons (Fsp3) is 0.944. The van der Waals surface area contributed by atoms with E-state index in [-0.39, 0.29) is 0 Å². The number of hydrogen-bond acceptors (Lipinski definition) is 2. The molecule has 22 heavy (non-hydrogen) atoms. The fourth-order valence-electron chi connectivity index (χ4n) is 3.32. The first-order chi connectivity index (χ1) is 10.8. The van der Waals surface area contributed by atoms with Crippen molar-refractivity contribution in [1.29, 1.82) is 0 Å². The lowest BCUT2D eigenvalue weighted by molar-refractivity contribution is 0.297. The van der Waals surface area contributed by atoms with Gasteiger partial charge in [-0.05, 0) is 51.2 Å². The van der Waals surface area contributed by atoms with Crippen molar-refractivity contribution in [1.82, 2.24) is 15.5 Å². The Morgan fingerprint density at radius 1 is 1.00 bits per heavy atom. The Morgan fingerprint density at radius 2 is 1.64 bits per heavy atom. The van der Waals surface area contributed by atoms with Gasteiger partial charge in [0.15, 0.2) is 5.96 Å². The fourth-order valence-corrected chi connectivity index (χ4v) is 3.32. The molecule has 0 radical (unpaired) electrons. The average molecular weight is 311 g/mol. The van der Waals surface area contributed by atoms with E-state index in [9.17, 15) is 0 Å². The maximum Gasteiger partial charge on any atom is 0.190 e. The number of rotatable bonds is 11. The van der Waals surface area contributed by atoms with Gasteiger partial charge in [0.1, 0.15) is 0 Å². The Morgan fingerprint density at radius 3 is 2.23 bits per heavy atom. The van der Waals surface area contributed by atoms with Crippen LogP contribution in [0.4, 0.5) is 0 Å². The molecule has 4 nitrogen and oxygen atoms in total. The Labute approximate surface area is 138 Å². The van der Waals surface area contributed by atoms with E-state index in [0.29, 0.717) is 0 Å². The van der Waals surface area contributed by atoms with Gasteiger partial charge in [-0.1, -0.05) is 39.5 Å². The normalized spacial score (nSPS) is 16.5. The van der Waals surface area contributed by atoms with Crippen molar-refractivity contribution in [3.63, 3.8) is 0 Å². The van der Waals surface area contributed by atoms with Crippen LogP contribution in [0.25, 0.3) is 0 Å². The van der Waals surface area contributed by atoms with Crippen LogP contribution < -0.4 is 10.6 Å². The highest BCUT2D eigenvalue weighted by atomic mass is 15.2. The summed E-state index contributed by atoms with van der Waals surface area (Å²) in [4.78, 5) is 6.79. The molecule has 1 aliphatic carbocycles. The van der Waals surface area contributed by atoms with Gasteiger partial charge in [0.25, 0.3) is 0 Å². The van der Waals surface area contributed by atoms with Crippen molar-refractivity contribution >= 4 is 5.96 Å². The molecule has 0 aromatic carbocycles. The molecule has 0 spiro atoms. The van der Waals surface area contributed by atoms with Crippen molar-refractivity contribution < 1.29 is 0 Å². The summed E-state index contributed by atoms with van der Waals surface area (Å²) < 4.78 is 0. The Kier molecular flexibility index (Phi) is 11.2. The molecular formula is C18H38N4. The third kappa shape index (κ3) is 8.62. The van der Waals surface area contributed by atoms with Gasteiger partial charge in [-0.2, -0.15) is 0 Å². The highest BCUT2D eigenvalue weighted by Crippen LogP contribution is 2.28. The molecule has 0 atom stereocenters. The minimum atomic E-state index is 0.967. The zero-order valence-electron chi connectivity index (χ0n) is 15.2. The molecule has 1 rings (SSSR count). The van der Waals surface area contributed by atoms with Crippen LogP contribution >= 0.6 is 0 Å². The lowest BCUT2D eigenvalue weighted by atomic mass is 10.0. The van der Waals surface area contributed by atoms with E-state index in [1.165, 1.54) is 57.9 Å². The van der Waals surface area contributed by atoms with Crippen LogP contribution in [0.15, 0.2) is 4.99 Å². The topological polar surface area (TPSA) is 39.7 Å². The highest BCUT2D eigenvalue weighted by molar-refractivity contribution is 5.79. The first-order valence-electron chi connectivity index (χ1n) is 9.47. The lowest BCUT2D eigenvalue weighted by Gasteiger charge is -2.18. The zero-order chi connectivity index (χ0) is 16.0. The number of hydrogen-bond donors (Lipinski definition) is 2. The molecule has 2 N–H and O–H groups in total. The maximum atomic E-state index is 4.31. The molecular weight excluding hydrogens is 272 g/mol. The maximum absolute atomic E-state index is 4.31. The Balaban J connectivity index is 1.97. The van der Waals surface area contributed by atoms with E-state index < -0.39 is 0 Å². The molecule has 1 fully saturated rings. The summed E-state index contributed by atoms with van der Waals surface area (Å²) in [6.45, 7) is 10.1. The quantitative estimate of drug-likeness (QED) is 0.350. The van der Waals surface area contributed by atoms with E-state index >= 15 is 0 Å². The first-order valence-corrected chi connectivity index (χ1v) is 9.47. The molecule has 0 aromatic heterocycles. The third-order valence-electron chi connectivity index (χ3n) is 4.87. The average Bonchev–Trinajstić information content (AvgIpc) is 3.06. The van der Waals surface area contributed by atoms with E-state index in [2.05, 4.69) is 34.4 Å². The lowest BCUT2D eigenvalue weighted by Crippen LogP contribution is -2.38. The molecule has 0 saturated heterocycles. The van der Waals surface area contributed by atoms with Gasteiger partial charge < -0.3 is 15.5 Å². The van der Waals surface area contributed by atoms with Gasteiger partial charge in [0.05, 0.1) is 0 Å². The number of nitrogens with one attached hydrogen (secondary N) is 2. The minimum Gasteiger partial charge on any atom is -0.356 e. The van der Waals surface area contributed by atoms with Crippen LogP contribution in [-0.4, -0.2) is 50.6 Å². The molecule has 4 heteroatoms. The smallest absolute Gasteiger partial charge is 0.190 e. The number of nitrogens with zero attached hydrogens (tertiary/aromatic N) is 2. The van der Waals surface area contributed by atoms with E-state index in [4.69, 9.17) is 0 Å². The third-order valence-corrected chi connectivity index (χ3v) is 4.87. The Hall–Kier alpha value is -0.770. The van der Waals surface area contributed by atoms with E-state index in [1.54, 1.807) is 0 Å². The molecule has 1 aliphatic rings. The van der Waals surface area contributed by atoms with Gasteiger partial charge in [-0.15, -0.1) is 0 Å². The second-order valence-corrected chi connectivity index (χ2v) is 6.45. The van der Waals surface area contributed by atoms with Crippen LogP contribution in [-0.2, 0) is 0 Å². The van der Waals surface area contributed by atoms with Crippen molar-refractivity contribution in [3.05, 3.63) is 0 Å². The molecule has 1 saturated carbocycles. The molecule has 0 bridgehead atoms.